The predicted molar refractivity (Wildman–Crippen MR) is 152 cm³/mol. The second kappa shape index (κ2) is 11.1. The molecular weight excluding hydrogens is 493 g/mol. The molecule has 2 saturated heterocycles. The van der Waals surface area contributed by atoms with E-state index in [-0.39, 0.29) is 17.9 Å². The normalized spacial score (nSPS) is 18.8. The molecule has 208 valence electrons. The van der Waals surface area contributed by atoms with Gasteiger partial charge in [-0.3, -0.25) is 19.5 Å². The van der Waals surface area contributed by atoms with Crippen molar-refractivity contribution in [3.63, 3.8) is 0 Å². The van der Waals surface area contributed by atoms with Crippen LogP contribution in [-0.4, -0.2) is 81.4 Å². The maximum Gasteiger partial charge on any atom is 0.256 e. The van der Waals surface area contributed by atoms with Crippen LogP contribution in [0.1, 0.15) is 61.5 Å². The third-order valence-corrected chi connectivity index (χ3v) is 8.78. The predicted octanol–water partition coefficient (Wildman–Crippen LogP) is 4.83. The first-order valence-corrected chi connectivity index (χ1v) is 14.1. The van der Waals surface area contributed by atoms with Gasteiger partial charge >= 0.3 is 0 Å². The number of carbonyl (C=O) groups excluding carboxylic acids is 2. The number of nitrogens with zero attached hydrogens (tertiary/aromatic N) is 5. The summed E-state index contributed by atoms with van der Waals surface area (Å²) in [5.41, 5.74) is 4.29. The SMILES string of the molecule is CC(=O)N1CCC(N2CC[C@H](Cc3cn(-c4ccc(F)cc4C(=O)N(C)C(C)C)c4cncc(C)c34)C2)CC1. The summed E-state index contributed by atoms with van der Waals surface area (Å²) in [5, 5.41) is 1.16. The van der Waals surface area contributed by atoms with Crippen LogP contribution in [0.25, 0.3) is 16.6 Å². The fourth-order valence-electron chi connectivity index (χ4n) is 6.33. The number of piperidine rings is 1. The molecule has 0 saturated carbocycles. The minimum Gasteiger partial charge on any atom is -0.343 e. The molecule has 1 atom stereocenters. The molecule has 3 aromatic rings. The van der Waals surface area contributed by atoms with Crippen LogP contribution in [-0.2, 0) is 11.2 Å². The molecule has 0 radical (unpaired) electrons. The number of amides is 2. The minimum absolute atomic E-state index is 0.00509. The van der Waals surface area contributed by atoms with Gasteiger partial charge in [0.05, 0.1) is 23.0 Å². The van der Waals surface area contributed by atoms with Crippen molar-refractivity contribution < 1.29 is 14.0 Å². The summed E-state index contributed by atoms with van der Waals surface area (Å²) < 4.78 is 16.4. The van der Waals surface area contributed by atoms with E-state index in [1.807, 2.05) is 35.7 Å². The van der Waals surface area contributed by atoms with Crippen molar-refractivity contribution in [2.24, 2.45) is 5.92 Å². The van der Waals surface area contributed by atoms with Crippen LogP contribution in [0, 0.1) is 18.7 Å². The minimum atomic E-state index is -0.426. The molecule has 0 unspecified atom stereocenters. The van der Waals surface area contributed by atoms with Gasteiger partial charge in [0.15, 0.2) is 0 Å². The summed E-state index contributed by atoms with van der Waals surface area (Å²) in [7, 11) is 1.75. The number of rotatable bonds is 6. The van der Waals surface area contributed by atoms with Gasteiger partial charge in [-0.25, -0.2) is 4.39 Å². The number of likely N-dealkylation sites (tertiary alicyclic amines) is 2. The van der Waals surface area contributed by atoms with E-state index in [1.165, 1.54) is 17.7 Å². The van der Waals surface area contributed by atoms with Crippen molar-refractivity contribution in [1.29, 1.82) is 0 Å². The fraction of sp³-hybridized carbons (Fsp3) is 0.516. The number of aryl methyl sites for hydroxylation is 1. The molecular formula is C31H40FN5O2. The van der Waals surface area contributed by atoms with Gasteiger partial charge in [-0.15, -0.1) is 0 Å². The Morgan fingerprint density at radius 2 is 1.87 bits per heavy atom. The number of benzene rings is 1. The Morgan fingerprint density at radius 3 is 2.56 bits per heavy atom. The molecule has 2 aliphatic rings. The van der Waals surface area contributed by atoms with Gasteiger partial charge in [0, 0.05) is 63.5 Å². The lowest BCUT2D eigenvalue weighted by molar-refractivity contribution is -0.130. The molecule has 8 heteroatoms. The van der Waals surface area contributed by atoms with Crippen LogP contribution in [0.3, 0.4) is 0 Å². The van der Waals surface area contributed by atoms with Gasteiger partial charge in [0.2, 0.25) is 5.91 Å². The molecule has 39 heavy (non-hydrogen) atoms. The average Bonchev–Trinajstić information content (AvgIpc) is 3.53. The van der Waals surface area contributed by atoms with Crippen molar-refractivity contribution in [2.45, 2.75) is 65.5 Å². The third-order valence-electron chi connectivity index (χ3n) is 8.78. The summed E-state index contributed by atoms with van der Waals surface area (Å²) in [6, 6.07) is 5.01. The van der Waals surface area contributed by atoms with E-state index in [2.05, 4.69) is 23.0 Å². The number of hydrogen-bond donors (Lipinski definition) is 0. The third kappa shape index (κ3) is 5.44. The monoisotopic (exact) mass is 533 g/mol. The van der Waals surface area contributed by atoms with Gasteiger partial charge < -0.3 is 14.4 Å². The number of carbonyl (C=O) groups is 2. The molecule has 5 rings (SSSR count). The Kier molecular flexibility index (Phi) is 7.76. The fourth-order valence-corrected chi connectivity index (χ4v) is 6.33. The quantitative estimate of drug-likeness (QED) is 0.456. The summed E-state index contributed by atoms with van der Waals surface area (Å²) in [4.78, 5) is 35.8. The number of hydrogen-bond acceptors (Lipinski definition) is 4. The first-order valence-electron chi connectivity index (χ1n) is 14.1. The van der Waals surface area contributed by atoms with Gasteiger partial charge in [0.25, 0.3) is 5.91 Å². The maximum atomic E-state index is 14.4. The molecule has 1 aromatic carbocycles. The molecule has 2 amide bonds. The highest BCUT2D eigenvalue weighted by atomic mass is 19.1. The summed E-state index contributed by atoms with van der Waals surface area (Å²) in [6.07, 6.45) is 10.0. The Labute approximate surface area is 230 Å². The molecule has 0 aliphatic carbocycles. The zero-order chi connectivity index (χ0) is 27.8. The second-order valence-electron chi connectivity index (χ2n) is 11.6. The number of pyridine rings is 1. The summed E-state index contributed by atoms with van der Waals surface area (Å²) in [6.45, 7) is 11.5. The summed E-state index contributed by atoms with van der Waals surface area (Å²) in [5.74, 6) is 0.0795. The number of aromatic nitrogens is 2. The van der Waals surface area contributed by atoms with Crippen LogP contribution in [0.5, 0.6) is 0 Å². The van der Waals surface area contributed by atoms with Crippen molar-refractivity contribution in [3.8, 4) is 5.69 Å². The zero-order valence-electron chi connectivity index (χ0n) is 23.8. The Hall–Kier alpha value is -3.26. The van der Waals surface area contributed by atoms with Gasteiger partial charge in [-0.2, -0.15) is 0 Å². The molecule has 2 aliphatic heterocycles. The van der Waals surface area contributed by atoms with Gasteiger partial charge in [0.1, 0.15) is 5.82 Å². The lowest BCUT2D eigenvalue weighted by Gasteiger charge is -2.36. The van der Waals surface area contributed by atoms with Crippen molar-refractivity contribution in [3.05, 3.63) is 59.3 Å². The van der Waals surface area contributed by atoms with Crippen LogP contribution >= 0.6 is 0 Å². The van der Waals surface area contributed by atoms with Gasteiger partial charge in [-0.05, 0) is 88.2 Å². The van der Waals surface area contributed by atoms with E-state index in [4.69, 9.17) is 0 Å². The highest BCUT2D eigenvalue weighted by Crippen LogP contribution is 2.33. The highest BCUT2D eigenvalue weighted by molar-refractivity contribution is 5.99. The Bertz CT molecular complexity index is 1370. The van der Waals surface area contributed by atoms with Gasteiger partial charge in [-0.1, -0.05) is 0 Å². The molecule has 4 heterocycles. The van der Waals surface area contributed by atoms with E-state index >= 15 is 0 Å². The number of halogens is 1. The van der Waals surface area contributed by atoms with Crippen LogP contribution in [0.15, 0.2) is 36.8 Å². The zero-order valence-corrected chi connectivity index (χ0v) is 23.8. The van der Waals surface area contributed by atoms with Crippen LogP contribution < -0.4 is 0 Å². The smallest absolute Gasteiger partial charge is 0.256 e. The average molecular weight is 534 g/mol. The Morgan fingerprint density at radius 1 is 1.13 bits per heavy atom. The molecule has 0 N–H and O–H groups in total. The standard InChI is InChI=1S/C31H40FN5O2/c1-20(2)34(5)31(39)27-15-25(32)6-7-28(27)37-19-24(30-21(3)16-33-17-29(30)37)14-23-8-11-36(18-23)26-9-12-35(13-10-26)22(4)38/h6-7,15-17,19-20,23,26H,8-14,18H2,1-5H3/t23-/m1/s1. The molecule has 7 nitrogen and oxygen atoms in total. The topological polar surface area (TPSA) is 61.7 Å². The first-order chi connectivity index (χ1) is 18.6. The molecule has 0 spiro atoms. The molecule has 0 bridgehead atoms. The summed E-state index contributed by atoms with van der Waals surface area (Å²) >= 11 is 0. The van der Waals surface area contributed by atoms with Crippen LogP contribution in [0.4, 0.5) is 4.39 Å². The van der Waals surface area contributed by atoms with E-state index in [0.29, 0.717) is 23.2 Å². The number of fused-ring (bicyclic) bond motifs is 1. The van der Waals surface area contributed by atoms with Crippen molar-refractivity contribution in [1.82, 2.24) is 24.3 Å². The van der Waals surface area contributed by atoms with Crippen molar-refractivity contribution >= 4 is 22.7 Å². The van der Waals surface area contributed by atoms with E-state index in [0.717, 1.165) is 68.3 Å². The van der Waals surface area contributed by atoms with E-state index in [1.54, 1.807) is 24.9 Å². The van der Waals surface area contributed by atoms with Crippen molar-refractivity contribution in [2.75, 3.05) is 33.2 Å². The lowest BCUT2D eigenvalue weighted by Crippen LogP contribution is -2.45. The molecule has 2 fully saturated rings. The van der Waals surface area contributed by atoms with E-state index in [9.17, 15) is 14.0 Å². The first kappa shape index (κ1) is 27.3. The largest absolute Gasteiger partial charge is 0.343 e. The second-order valence-corrected chi connectivity index (χ2v) is 11.6. The Balaban J connectivity index is 1.43. The highest BCUT2D eigenvalue weighted by Gasteiger charge is 2.32. The lowest BCUT2D eigenvalue weighted by atomic mass is 9.97. The van der Waals surface area contributed by atoms with E-state index < -0.39 is 5.82 Å². The maximum absolute atomic E-state index is 14.4. The molecule has 2 aromatic heterocycles. The van der Waals surface area contributed by atoms with Crippen LogP contribution in [0.2, 0.25) is 0 Å².